The molecule has 4 heteroatoms. The summed E-state index contributed by atoms with van der Waals surface area (Å²) in [5.74, 6) is 0. The number of carbonyl (C=O) groups is 1. The van der Waals surface area contributed by atoms with Crippen LogP contribution in [0.5, 0.6) is 0 Å². The Bertz CT molecular complexity index is 138. The van der Waals surface area contributed by atoms with Gasteiger partial charge in [-0.05, 0) is 0 Å². The van der Waals surface area contributed by atoms with E-state index in [-0.39, 0.29) is 12.1 Å². The molecule has 2 amide bonds. The Morgan fingerprint density at radius 3 is 3.00 bits per heavy atom. The first-order chi connectivity index (χ1) is 4.74. The molecule has 1 heterocycles. The monoisotopic (exact) mass is 144 g/mol. The van der Waals surface area contributed by atoms with E-state index < -0.39 is 0 Å². The lowest BCUT2D eigenvalue weighted by molar-refractivity contribution is 0.174. The van der Waals surface area contributed by atoms with Crippen LogP contribution in [-0.2, 0) is 4.74 Å². The Labute approximate surface area is 60.1 Å². The summed E-state index contributed by atoms with van der Waals surface area (Å²) in [6, 6.07) is 0.157. The molecular formula is C6H12N2O2. The van der Waals surface area contributed by atoms with Crippen LogP contribution >= 0.6 is 0 Å². The molecule has 0 saturated carbocycles. The second-order valence-electron chi connectivity index (χ2n) is 2.48. The summed E-state index contributed by atoms with van der Waals surface area (Å²) in [5, 5.41) is 2.77. The van der Waals surface area contributed by atoms with Crippen molar-refractivity contribution in [2.24, 2.45) is 0 Å². The predicted octanol–water partition coefficient (Wildman–Crippen LogP) is -0.344. The summed E-state index contributed by atoms with van der Waals surface area (Å²) in [7, 11) is 3.40. The molecule has 1 atom stereocenters. The van der Waals surface area contributed by atoms with Crippen LogP contribution in [0.3, 0.4) is 0 Å². The van der Waals surface area contributed by atoms with Crippen LogP contribution in [0.4, 0.5) is 4.79 Å². The highest BCUT2D eigenvalue weighted by Gasteiger charge is 2.24. The zero-order valence-corrected chi connectivity index (χ0v) is 6.26. The minimum Gasteiger partial charge on any atom is -0.382 e. The third-order valence-corrected chi connectivity index (χ3v) is 1.54. The minimum atomic E-state index is -0.0120. The molecular weight excluding hydrogens is 132 g/mol. The van der Waals surface area contributed by atoms with Gasteiger partial charge in [-0.15, -0.1) is 0 Å². The summed E-state index contributed by atoms with van der Waals surface area (Å²) in [5.41, 5.74) is 0. The maximum atomic E-state index is 10.8. The second kappa shape index (κ2) is 2.88. The number of methoxy groups -OCH3 is 1. The number of nitrogens with zero attached hydrogens (tertiary/aromatic N) is 1. The van der Waals surface area contributed by atoms with Gasteiger partial charge >= 0.3 is 6.03 Å². The SMILES string of the molecule is COCC1CN(C)C(=O)N1. The molecule has 1 fully saturated rings. The van der Waals surface area contributed by atoms with Crippen molar-refractivity contribution in [2.45, 2.75) is 6.04 Å². The zero-order chi connectivity index (χ0) is 7.56. The van der Waals surface area contributed by atoms with Crippen molar-refractivity contribution in [3.63, 3.8) is 0 Å². The number of amides is 2. The van der Waals surface area contributed by atoms with Crippen LogP contribution in [0.15, 0.2) is 0 Å². The second-order valence-corrected chi connectivity index (χ2v) is 2.48. The lowest BCUT2D eigenvalue weighted by Gasteiger charge is -2.06. The normalized spacial score (nSPS) is 25.2. The van der Waals surface area contributed by atoms with E-state index in [9.17, 15) is 4.79 Å². The average Bonchev–Trinajstić information content (AvgIpc) is 2.14. The summed E-state index contributed by atoms with van der Waals surface area (Å²) < 4.78 is 4.88. The summed E-state index contributed by atoms with van der Waals surface area (Å²) in [6.07, 6.45) is 0. The number of carbonyl (C=O) groups excluding carboxylic acids is 1. The van der Waals surface area contributed by atoms with E-state index in [4.69, 9.17) is 4.74 Å². The van der Waals surface area contributed by atoms with Crippen LogP contribution in [-0.4, -0.2) is 44.3 Å². The highest BCUT2D eigenvalue weighted by atomic mass is 16.5. The van der Waals surface area contributed by atoms with E-state index in [1.165, 1.54) is 0 Å². The average molecular weight is 144 g/mol. The van der Waals surface area contributed by atoms with Gasteiger partial charge in [0, 0.05) is 20.7 Å². The standard InChI is InChI=1S/C6H12N2O2/c1-8-3-5(4-10-2)7-6(8)9/h5H,3-4H2,1-2H3,(H,7,9). The molecule has 1 saturated heterocycles. The smallest absolute Gasteiger partial charge is 0.317 e. The number of hydrogen-bond donors (Lipinski definition) is 1. The van der Waals surface area contributed by atoms with Crippen molar-refractivity contribution < 1.29 is 9.53 Å². The minimum absolute atomic E-state index is 0.0120. The summed E-state index contributed by atoms with van der Waals surface area (Å²) >= 11 is 0. The van der Waals surface area contributed by atoms with E-state index in [1.807, 2.05) is 0 Å². The van der Waals surface area contributed by atoms with Gasteiger partial charge in [0.1, 0.15) is 0 Å². The molecule has 0 aromatic heterocycles. The quantitative estimate of drug-likeness (QED) is 0.576. The van der Waals surface area contributed by atoms with Gasteiger partial charge in [-0.3, -0.25) is 0 Å². The number of urea groups is 1. The van der Waals surface area contributed by atoms with Crippen LogP contribution in [0.1, 0.15) is 0 Å². The van der Waals surface area contributed by atoms with E-state index in [2.05, 4.69) is 5.32 Å². The third kappa shape index (κ3) is 1.39. The van der Waals surface area contributed by atoms with Gasteiger partial charge in [0.25, 0.3) is 0 Å². The Balaban J connectivity index is 2.34. The van der Waals surface area contributed by atoms with Crippen molar-refractivity contribution in [1.82, 2.24) is 10.2 Å². The highest BCUT2D eigenvalue weighted by molar-refractivity contribution is 5.76. The third-order valence-electron chi connectivity index (χ3n) is 1.54. The fourth-order valence-corrected chi connectivity index (χ4v) is 1.04. The van der Waals surface area contributed by atoms with E-state index in [1.54, 1.807) is 19.1 Å². The summed E-state index contributed by atoms with van der Waals surface area (Å²) in [6.45, 7) is 1.34. The molecule has 1 rings (SSSR count). The van der Waals surface area contributed by atoms with Gasteiger partial charge in [0.15, 0.2) is 0 Å². The first-order valence-electron chi connectivity index (χ1n) is 3.24. The Morgan fingerprint density at radius 2 is 2.60 bits per heavy atom. The zero-order valence-electron chi connectivity index (χ0n) is 6.26. The van der Waals surface area contributed by atoms with Crippen LogP contribution in [0, 0.1) is 0 Å². The van der Waals surface area contributed by atoms with Gasteiger partial charge in [-0.1, -0.05) is 0 Å². The van der Waals surface area contributed by atoms with Crippen molar-refractivity contribution in [1.29, 1.82) is 0 Å². The largest absolute Gasteiger partial charge is 0.382 e. The Hall–Kier alpha value is -0.770. The summed E-state index contributed by atoms with van der Waals surface area (Å²) in [4.78, 5) is 12.5. The molecule has 1 N–H and O–H groups in total. The molecule has 1 aliphatic heterocycles. The molecule has 1 unspecified atom stereocenters. The lowest BCUT2D eigenvalue weighted by atomic mass is 10.3. The van der Waals surface area contributed by atoms with Crippen molar-refractivity contribution >= 4 is 6.03 Å². The van der Waals surface area contributed by atoms with Crippen molar-refractivity contribution in [2.75, 3.05) is 27.3 Å². The van der Waals surface area contributed by atoms with Gasteiger partial charge in [0.05, 0.1) is 12.6 Å². The maximum Gasteiger partial charge on any atom is 0.317 e. The first kappa shape index (κ1) is 7.34. The van der Waals surface area contributed by atoms with Crippen LogP contribution in [0.25, 0.3) is 0 Å². The fraction of sp³-hybridized carbons (Fsp3) is 0.833. The molecule has 0 bridgehead atoms. The molecule has 0 aromatic rings. The van der Waals surface area contributed by atoms with Crippen LogP contribution < -0.4 is 5.32 Å². The molecule has 4 nitrogen and oxygen atoms in total. The molecule has 58 valence electrons. The molecule has 0 aromatic carbocycles. The fourth-order valence-electron chi connectivity index (χ4n) is 1.04. The highest BCUT2D eigenvalue weighted by Crippen LogP contribution is 1.99. The predicted molar refractivity (Wildman–Crippen MR) is 36.8 cm³/mol. The number of nitrogens with one attached hydrogen (secondary N) is 1. The maximum absolute atomic E-state index is 10.8. The van der Waals surface area contributed by atoms with Gasteiger partial charge in [0.2, 0.25) is 0 Å². The van der Waals surface area contributed by atoms with E-state index in [0.29, 0.717) is 6.61 Å². The van der Waals surface area contributed by atoms with Crippen molar-refractivity contribution in [3.8, 4) is 0 Å². The molecule has 0 aliphatic carbocycles. The van der Waals surface area contributed by atoms with Gasteiger partial charge in [-0.25, -0.2) is 4.79 Å². The number of ether oxygens (including phenoxy) is 1. The number of likely N-dealkylation sites (N-methyl/N-ethyl adjacent to an activating group) is 1. The lowest BCUT2D eigenvalue weighted by Crippen LogP contribution is -2.30. The van der Waals surface area contributed by atoms with Crippen molar-refractivity contribution in [3.05, 3.63) is 0 Å². The first-order valence-corrected chi connectivity index (χ1v) is 3.24. The topological polar surface area (TPSA) is 41.6 Å². The van der Waals surface area contributed by atoms with Crippen LogP contribution in [0.2, 0.25) is 0 Å². The molecule has 1 aliphatic rings. The number of hydrogen-bond acceptors (Lipinski definition) is 2. The molecule has 10 heavy (non-hydrogen) atoms. The Morgan fingerprint density at radius 1 is 1.90 bits per heavy atom. The Kier molecular flexibility index (Phi) is 2.11. The van der Waals surface area contributed by atoms with Gasteiger partial charge in [-0.2, -0.15) is 0 Å². The van der Waals surface area contributed by atoms with Gasteiger partial charge < -0.3 is 15.0 Å². The molecule has 0 spiro atoms. The van der Waals surface area contributed by atoms with E-state index >= 15 is 0 Å². The van der Waals surface area contributed by atoms with E-state index in [0.717, 1.165) is 6.54 Å². The number of rotatable bonds is 2. The molecule has 0 radical (unpaired) electrons.